The van der Waals surface area contributed by atoms with Gasteiger partial charge in [0.1, 0.15) is 20.9 Å². The third-order valence-electron chi connectivity index (χ3n) is 5.31. The normalized spacial score (nSPS) is 12.9. The van der Waals surface area contributed by atoms with Crippen LogP contribution in [-0.2, 0) is 15.8 Å². The van der Waals surface area contributed by atoms with Crippen molar-refractivity contribution < 1.29 is 18.8 Å². The summed E-state index contributed by atoms with van der Waals surface area (Å²) in [5, 5.41) is 10.0. The van der Waals surface area contributed by atoms with Crippen molar-refractivity contribution in [2.24, 2.45) is 0 Å². The molecule has 0 bridgehead atoms. The highest BCUT2D eigenvalue weighted by atomic mass is 32.2. The summed E-state index contributed by atoms with van der Waals surface area (Å²) in [4.78, 5) is 12.9. The Kier molecular flexibility index (Phi) is 9.36. The van der Waals surface area contributed by atoms with Crippen LogP contribution in [0.3, 0.4) is 0 Å². The predicted molar refractivity (Wildman–Crippen MR) is 143 cm³/mol. The number of carboxylic acid groups (broad SMARTS) is 1. The SMILES string of the molecule is CC=C(CN(CCC)S(=O)c1sc2ccc(C)cc2c1C)Sc1ccc(OCC(=O)O)c(C)c1. The van der Waals surface area contributed by atoms with Crippen molar-refractivity contribution in [3.05, 3.63) is 64.1 Å². The molecule has 1 unspecified atom stereocenters. The molecule has 1 N–H and O–H groups in total. The van der Waals surface area contributed by atoms with Crippen molar-refractivity contribution in [3.8, 4) is 5.75 Å². The fourth-order valence-corrected chi connectivity index (χ4v) is 7.66. The summed E-state index contributed by atoms with van der Waals surface area (Å²) < 4.78 is 23.2. The molecule has 1 atom stereocenters. The maximum absolute atomic E-state index is 13.7. The van der Waals surface area contributed by atoms with E-state index in [2.05, 4.69) is 45.0 Å². The number of thiophene rings is 1. The van der Waals surface area contributed by atoms with Gasteiger partial charge < -0.3 is 9.84 Å². The molecular weight excluding hydrogens is 486 g/mol. The minimum absolute atomic E-state index is 0.359. The van der Waals surface area contributed by atoms with Crippen molar-refractivity contribution >= 4 is 50.1 Å². The Hall–Kier alpha value is -2.13. The Morgan fingerprint density at radius 1 is 1.21 bits per heavy atom. The number of aliphatic carboxylic acids is 1. The molecule has 34 heavy (non-hydrogen) atoms. The van der Waals surface area contributed by atoms with E-state index in [1.807, 2.05) is 30.3 Å². The zero-order valence-electron chi connectivity index (χ0n) is 20.2. The number of benzene rings is 2. The lowest BCUT2D eigenvalue weighted by Crippen LogP contribution is -2.28. The van der Waals surface area contributed by atoms with Crippen LogP contribution in [0.5, 0.6) is 5.75 Å². The minimum atomic E-state index is -1.25. The molecule has 5 nitrogen and oxygen atoms in total. The molecule has 0 aliphatic carbocycles. The van der Waals surface area contributed by atoms with Crippen molar-refractivity contribution in [3.63, 3.8) is 0 Å². The molecule has 0 saturated carbocycles. The number of carbonyl (C=O) groups is 1. The number of thioether (sulfide) groups is 1. The second kappa shape index (κ2) is 12.0. The average Bonchev–Trinajstić information content (AvgIpc) is 3.12. The number of rotatable bonds is 11. The number of aryl methyl sites for hydroxylation is 3. The summed E-state index contributed by atoms with van der Waals surface area (Å²) in [6.07, 6.45) is 2.97. The molecule has 182 valence electrons. The van der Waals surface area contributed by atoms with Crippen molar-refractivity contribution in [1.29, 1.82) is 0 Å². The molecule has 0 aliphatic heterocycles. The topological polar surface area (TPSA) is 66.8 Å². The molecule has 1 aromatic heterocycles. The molecule has 0 saturated heterocycles. The number of nitrogens with zero attached hydrogens (tertiary/aromatic N) is 1. The van der Waals surface area contributed by atoms with Gasteiger partial charge in [-0.15, -0.1) is 11.3 Å². The molecule has 2 aromatic carbocycles. The first-order chi connectivity index (χ1) is 16.2. The number of carboxylic acids is 1. The van der Waals surface area contributed by atoms with Crippen molar-refractivity contribution in [1.82, 2.24) is 4.31 Å². The lowest BCUT2D eigenvalue weighted by atomic mass is 10.1. The largest absolute Gasteiger partial charge is 0.482 e. The maximum atomic E-state index is 13.7. The van der Waals surface area contributed by atoms with Gasteiger partial charge in [-0.05, 0) is 74.9 Å². The second-order valence-electron chi connectivity index (χ2n) is 8.09. The van der Waals surface area contributed by atoms with E-state index in [-0.39, 0.29) is 6.61 Å². The van der Waals surface area contributed by atoms with E-state index in [0.29, 0.717) is 12.3 Å². The Morgan fingerprint density at radius 3 is 2.62 bits per heavy atom. The molecule has 0 aliphatic rings. The molecular formula is C26H31NO4S3. The zero-order valence-corrected chi connectivity index (χ0v) is 22.7. The van der Waals surface area contributed by atoms with Gasteiger partial charge in [0.15, 0.2) is 6.61 Å². The van der Waals surface area contributed by atoms with Crippen LogP contribution in [0.15, 0.2) is 56.5 Å². The van der Waals surface area contributed by atoms with Gasteiger partial charge >= 0.3 is 5.97 Å². The van der Waals surface area contributed by atoms with Gasteiger partial charge in [-0.3, -0.25) is 0 Å². The van der Waals surface area contributed by atoms with Crippen LogP contribution in [-0.4, -0.2) is 39.3 Å². The van der Waals surface area contributed by atoms with Gasteiger partial charge in [0.05, 0.1) is 0 Å². The molecule has 0 spiro atoms. The molecule has 0 amide bonds. The zero-order chi connectivity index (χ0) is 24.8. The number of ether oxygens (including phenoxy) is 1. The molecule has 0 radical (unpaired) electrons. The van der Waals surface area contributed by atoms with Crippen LogP contribution in [0.2, 0.25) is 0 Å². The molecule has 3 aromatic rings. The number of allylic oxidation sites excluding steroid dienone is 1. The highest BCUT2D eigenvalue weighted by Gasteiger charge is 2.22. The molecule has 3 rings (SSSR count). The van der Waals surface area contributed by atoms with Gasteiger partial charge in [-0.1, -0.05) is 42.5 Å². The van der Waals surface area contributed by atoms with E-state index in [9.17, 15) is 9.00 Å². The first-order valence-corrected chi connectivity index (χ1v) is 13.9. The molecule has 0 fully saturated rings. The van der Waals surface area contributed by atoms with Crippen LogP contribution in [0.4, 0.5) is 0 Å². The lowest BCUT2D eigenvalue weighted by molar-refractivity contribution is -0.139. The van der Waals surface area contributed by atoms with E-state index in [1.54, 1.807) is 29.2 Å². The summed E-state index contributed by atoms with van der Waals surface area (Å²) in [5.74, 6) is -0.431. The van der Waals surface area contributed by atoms with Gasteiger partial charge in [0, 0.05) is 27.6 Å². The number of fused-ring (bicyclic) bond motifs is 1. The Bertz CT molecular complexity index is 1230. The smallest absolute Gasteiger partial charge is 0.341 e. The van der Waals surface area contributed by atoms with Gasteiger partial charge in [0.2, 0.25) is 0 Å². The first kappa shape index (κ1) is 26.5. The fraction of sp³-hybridized carbons (Fsp3) is 0.346. The van der Waals surface area contributed by atoms with Crippen LogP contribution in [0.25, 0.3) is 10.1 Å². The monoisotopic (exact) mass is 517 g/mol. The van der Waals surface area contributed by atoms with Crippen LogP contribution in [0, 0.1) is 20.8 Å². The van der Waals surface area contributed by atoms with E-state index < -0.39 is 17.0 Å². The van der Waals surface area contributed by atoms with Gasteiger partial charge in [-0.25, -0.2) is 13.3 Å². The Labute approximate surface area is 212 Å². The summed E-state index contributed by atoms with van der Waals surface area (Å²) in [5.41, 5.74) is 3.19. The minimum Gasteiger partial charge on any atom is -0.482 e. The van der Waals surface area contributed by atoms with E-state index in [1.165, 1.54) is 15.6 Å². The number of hydrogen-bond acceptors (Lipinski definition) is 5. The second-order valence-corrected chi connectivity index (χ2v) is 12.0. The maximum Gasteiger partial charge on any atom is 0.341 e. The van der Waals surface area contributed by atoms with E-state index in [0.717, 1.165) is 38.1 Å². The summed E-state index contributed by atoms with van der Waals surface area (Å²) in [6, 6.07) is 12.1. The quantitative estimate of drug-likeness (QED) is 0.286. The average molecular weight is 518 g/mol. The van der Waals surface area contributed by atoms with E-state index in [4.69, 9.17) is 9.84 Å². The molecule has 8 heteroatoms. The van der Waals surface area contributed by atoms with Crippen molar-refractivity contribution in [2.75, 3.05) is 19.7 Å². The highest BCUT2D eigenvalue weighted by Crippen LogP contribution is 2.36. The third kappa shape index (κ3) is 6.50. The van der Waals surface area contributed by atoms with Crippen LogP contribution >= 0.6 is 23.1 Å². The van der Waals surface area contributed by atoms with Crippen LogP contribution < -0.4 is 4.74 Å². The standard InChI is InChI=1S/C26H31NO4S3/c1-6-12-27(34(30)26-19(5)22-13-17(3)8-11-24(22)33-26)15-20(7-2)32-21-9-10-23(18(4)14-21)31-16-25(28)29/h7-11,13-14H,6,12,15-16H2,1-5H3,(H,28,29). The highest BCUT2D eigenvalue weighted by molar-refractivity contribution is 8.03. The Morgan fingerprint density at radius 2 is 1.97 bits per heavy atom. The first-order valence-electron chi connectivity index (χ1n) is 11.2. The van der Waals surface area contributed by atoms with Gasteiger partial charge in [-0.2, -0.15) is 0 Å². The summed E-state index contributed by atoms with van der Waals surface area (Å²) >= 11 is 3.25. The summed E-state index contributed by atoms with van der Waals surface area (Å²) in [6.45, 7) is 11.1. The Balaban J connectivity index is 1.77. The van der Waals surface area contributed by atoms with Gasteiger partial charge in [0.25, 0.3) is 0 Å². The predicted octanol–water partition coefficient (Wildman–Crippen LogP) is 6.72. The number of hydrogen-bond donors (Lipinski definition) is 1. The summed E-state index contributed by atoms with van der Waals surface area (Å²) in [7, 11) is -1.25. The van der Waals surface area contributed by atoms with Crippen LogP contribution in [0.1, 0.15) is 37.0 Å². The van der Waals surface area contributed by atoms with Crippen molar-refractivity contribution in [2.45, 2.75) is 50.1 Å². The fourth-order valence-electron chi connectivity index (χ4n) is 3.56. The molecule has 1 heterocycles. The van der Waals surface area contributed by atoms with E-state index >= 15 is 0 Å². The third-order valence-corrected chi connectivity index (χ3v) is 9.58. The lowest BCUT2D eigenvalue weighted by Gasteiger charge is -2.22.